The number of para-hydroxylation sites is 1. The number of hydrogen-bond acceptors (Lipinski definition) is 3. The van der Waals surface area contributed by atoms with Crippen LogP contribution in [-0.2, 0) is 4.79 Å². The van der Waals surface area contributed by atoms with Gasteiger partial charge >= 0.3 is 0 Å². The Labute approximate surface area is 163 Å². The Morgan fingerprint density at radius 3 is 2.73 bits per heavy atom. The smallest absolute Gasteiger partial charge is 0.225 e. The van der Waals surface area contributed by atoms with Gasteiger partial charge in [-0.3, -0.25) is 9.78 Å². The first kappa shape index (κ1) is 17.8. The van der Waals surface area contributed by atoms with Gasteiger partial charge in [-0.25, -0.2) is 0 Å². The molecule has 1 unspecified atom stereocenters. The second kappa shape index (κ2) is 7.55. The van der Waals surface area contributed by atoms with E-state index in [4.69, 9.17) is 0 Å². The molecule has 1 aromatic heterocycles. The van der Waals surface area contributed by atoms with Crippen molar-refractivity contribution in [2.75, 3.05) is 31.1 Å². The number of fused-ring (bicyclic) bond motifs is 1. The fourth-order valence-corrected chi connectivity index (χ4v) is 4.88. The Bertz CT molecular complexity index is 801. The van der Waals surface area contributed by atoms with E-state index in [1.165, 1.54) is 17.5 Å². The number of carbonyl (C=O) groups is 1. The molecule has 2 aliphatic rings. The lowest BCUT2D eigenvalue weighted by molar-refractivity contribution is -0.137. The van der Waals surface area contributed by atoms with Gasteiger partial charge in [0, 0.05) is 53.8 Å². The highest BCUT2D eigenvalue weighted by atomic mass is 79.9. The maximum atomic E-state index is 12.9. The molecule has 2 aliphatic heterocycles. The normalized spacial score (nSPS) is 22.0. The Kier molecular flexibility index (Phi) is 5.16. The van der Waals surface area contributed by atoms with E-state index >= 15 is 0 Å². The number of rotatable bonds is 2. The topological polar surface area (TPSA) is 36.4 Å². The van der Waals surface area contributed by atoms with Gasteiger partial charge in [-0.1, -0.05) is 19.1 Å². The van der Waals surface area contributed by atoms with Crippen LogP contribution in [0.1, 0.15) is 32.6 Å². The van der Waals surface area contributed by atoms with Gasteiger partial charge in [0.05, 0.1) is 5.52 Å². The van der Waals surface area contributed by atoms with Crippen LogP contribution in [-0.4, -0.2) is 42.0 Å². The summed E-state index contributed by atoms with van der Waals surface area (Å²) in [5, 5.41) is 1.18. The molecule has 2 fully saturated rings. The van der Waals surface area contributed by atoms with Crippen molar-refractivity contribution in [3.8, 4) is 0 Å². The fraction of sp³-hybridized carbons (Fsp3) is 0.524. The molecule has 2 aromatic rings. The van der Waals surface area contributed by atoms with Crippen molar-refractivity contribution in [3.05, 3.63) is 34.9 Å². The Morgan fingerprint density at radius 1 is 1.15 bits per heavy atom. The summed E-state index contributed by atoms with van der Waals surface area (Å²) >= 11 is 3.60. The molecule has 5 heteroatoms. The average Bonchev–Trinajstić information content (AvgIpc) is 2.67. The maximum Gasteiger partial charge on any atom is 0.225 e. The van der Waals surface area contributed by atoms with Crippen LogP contribution < -0.4 is 4.90 Å². The van der Waals surface area contributed by atoms with Crippen molar-refractivity contribution < 1.29 is 4.79 Å². The molecule has 2 saturated heterocycles. The van der Waals surface area contributed by atoms with Gasteiger partial charge in [0.2, 0.25) is 5.91 Å². The third kappa shape index (κ3) is 3.46. The molecule has 3 heterocycles. The van der Waals surface area contributed by atoms with E-state index < -0.39 is 0 Å². The number of halogens is 1. The summed E-state index contributed by atoms with van der Waals surface area (Å²) in [4.78, 5) is 21.9. The molecule has 0 spiro atoms. The van der Waals surface area contributed by atoms with Gasteiger partial charge in [0.1, 0.15) is 0 Å². The Hall–Kier alpha value is -1.62. The number of benzene rings is 1. The molecule has 1 aromatic carbocycles. The predicted molar refractivity (Wildman–Crippen MR) is 109 cm³/mol. The molecule has 0 bridgehead atoms. The van der Waals surface area contributed by atoms with E-state index in [0.29, 0.717) is 11.8 Å². The zero-order chi connectivity index (χ0) is 18.1. The predicted octanol–water partition coefficient (Wildman–Crippen LogP) is 4.47. The van der Waals surface area contributed by atoms with Crippen molar-refractivity contribution in [2.45, 2.75) is 32.6 Å². The first-order chi connectivity index (χ1) is 12.6. The van der Waals surface area contributed by atoms with E-state index in [1.807, 2.05) is 12.3 Å². The number of pyridine rings is 1. The van der Waals surface area contributed by atoms with Crippen molar-refractivity contribution in [3.63, 3.8) is 0 Å². The number of aromatic nitrogens is 1. The number of carbonyl (C=O) groups excluding carboxylic acids is 1. The van der Waals surface area contributed by atoms with Crippen LogP contribution in [0.2, 0.25) is 0 Å². The first-order valence-electron chi connectivity index (χ1n) is 9.70. The molecule has 138 valence electrons. The zero-order valence-electron chi connectivity index (χ0n) is 15.3. The molecular formula is C21H26BrN3O. The quantitative estimate of drug-likeness (QED) is 0.725. The van der Waals surface area contributed by atoms with Gasteiger partial charge in [-0.05, 0) is 59.7 Å². The van der Waals surface area contributed by atoms with Crippen LogP contribution in [0, 0.1) is 11.8 Å². The highest BCUT2D eigenvalue weighted by molar-refractivity contribution is 9.10. The van der Waals surface area contributed by atoms with E-state index in [9.17, 15) is 4.79 Å². The third-order valence-electron chi connectivity index (χ3n) is 5.85. The van der Waals surface area contributed by atoms with Crippen molar-refractivity contribution in [2.24, 2.45) is 11.8 Å². The number of piperidine rings is 2. The standard InChI is InChI=1S/C21H26BrN3O/c1-15-4-3-11-25(14-15)21(26)16-8-12-24(13-9-16)19-7-10-23-20-17(19)5-2-6-18(20)22/h2,5-7,10,15-16H,3-4,8-9,11-14H2,1H3. The van der Waals surface area contributed by atoms with Crippen LogP contribution in [0.5, 0.6) is 0 Å². The molecule has 4 nitrogen and oxygen atoms in total. The molecular weight excluding hydrogens is 390 g/mol. The molecule has 0 aliphatic carbocycles. The van der Waals surface area contributed by atoms with Crippen LogP contribution in [0.4, 0.5) is 5.69 Å². The number of nitrogens with zero attached hydrogens (tertiary/aromatic N) is 3. The first-order valence-corrected chi connectivity index (χ1v) is 10.5. The third-order valence-corrected chi connectivity index (χ3v) is 6.49. The second-order valence-corrected chi connectivity index (χ2v) is 8.61. The summed E-state index contributed by atoms with van der Waals surface area (Å²) in [5.41, 5.74) is 2.24. The van der Waals surface area contributed by atoms with Gasteiger partial charge in [0.25, 0.3) is 0 Å². The van der Waals surface area contributed by atoms with Gasteiger partial charge in [-0.2, -0.15) is 0 Å². The minimum absolute atomic E-state index is 0.191. The van der Waals surface area contributed by atoms with Crippen molar-refractivity contribution in [1.29, 1.82) is 0 Å². The molecule has 0 N–H and O–H groups in total. The summed E-state index contributed by atoms with van der Waals surface area (Å²) in [6, 6.07) is 8.33. The monoisotopic (exact) mass is 415 g/mol. The van der Waals surface area contributed by atoms with E-state index in [0.717, 1.165) is 55.4 Å². The lowest BCUT2D eigenvalue weighted by atomic mass is 9.92. The summed E-state index contributed by atoms with van der Waals surface area (Å²) in [6.07, 6.45) is 6.19. The SMILES string of the molecule is CC1CCCN(C(=O)C2CCN(c3ccnc4c(Br)cccc34)CC2)C1. The zero-order valence-corrected chi connectivity index (χ0v) is 16.9. The van der Waals surface area contributed by atoms with Crippen LogP contribution in [0.25, 0.3) is 10.9 Å². The highest BCUT2D eigenvalue weighted by Gasteiger charge is 2.31. The van der Waals surface area contributed by atoms with E-state index in [1.54, 1.807) is 0 Å². The minimum Gasteiger partial charge on any atom is -0.371 e. The number of amides is 1. The van der Waals surface area contributed by atoms with E-state index in [-0.39, 0.29) is 5.92 Å². The molecule has 0 radical (unpaired) electrons. The molecule has 26 heavy (non-hydrogen) atoms. The van der Waals surface area contributed by atoms with E-state index in [2.05, 4.69) is 55.8 Å². The second-order valence-electron chi connectivity index (χ2n) is 7.76. The fourth-order valence-electron chi connectivity index (χ4n) is 4.42. The number of hydrogen-bond donors (Lipinski definition) is 0. The lowest BCUT2D eigenvalue weighted by Crippen LogP contribution is -2.46. The number of anilines is 1. The summed E-state index contributed by atoms with van der Waals surface area (Å²) in [5.74, 6) is 1.23. The molecule has 0 saturated carbocycles. The van der Waals surface area contributed by atoms with Gasteiger partial charge < -0.3 is 9.80 Å². The molecule has 1 atom stereocenters. The maximum absolute atomic E-state index is 12.9. The minimum atomic E-state index is 0.191. The van der Waals surface area contributed by atoms with Crippen molar-refractivity contribution >= 4 is 38.4 Å². The molecule has 4 rings (SSSR count). The van der Waals surface area contributed by atoms with Crippen LogP contribution in [0.3, 0.4) is 0 Å². The Balaban J connectivity index is 1.46. The number of likely N-dealkylation sites (tertiary alicyclic amines) is 1. The average molecular weight is 416 g/mol. The highest BCUT2D eigenvalue weighted by Crippen LogP contribution is 2.33. The summed E-state index contributed by atoms with van der Waals surface area (Å²) in [7, 11) is 0. The molecule has 1 amide bonds. The van der Waals surface area contributed by atoms with Gasteiger partial charge in [-0.15, -0.1) is 0 Å². The Morgan fingerprint density at radius 2 is 1.96 bits per heavy atom. The lowest BCUT2D eigenvalue weighted by Gasteiger charge is -2.38. The van der Waals surface area contributed by atoms with Crippen molar-refractivity contribution in [1.82, 2.24) is 9.88 Å². The van der Waals surface area contributed by atoms with Gasteiger partial charge in [0.15, 0.2) is 0 Å². The summed E-state index contributed by atoms with van der Waals surface area (Å²) in [6.45, 7) is 6.03. The van der Waals surface area contributed by atoms with Crippen LogP contribution >= 0.6 is 15.9 Å². The van der Waals surface area contributed by atoms with Crippen LogP contribution in [0.15, 0.2) is 34.9 Å². The summed E-state index contributed by atoms with van der Waals surface area (Å²) < 4.78 is 1.03. The largest absolute Gasteiger partial charge is 0.371 e.